The molecule has 0 fully saturated rings. The smallest absolute Gasteiger partial charge is 0.352 e. The van der Waals surface area contributed by atoms with E-state index in [2.05, 4.69) is 0 Å². The van der Waals surface area contributed by atoms with Gasteiger partial charge in [-0.25, -0.2) is 4.79 Å². The van der Waals surface area contributed by atoms with Crippen LogP contribution in [0.1, 0.15) is 12.5 Å². The fourth-order valence-electron chi connectivity index (χ4n) is 2.92. The number of carbonyl (C=O) groups is 1. The molecule has 0 N–H and O–H groups in total. The highest BCUT2D eigenvalue weighted by Crippen LogP contribution is 2.25. The first-order valence-corrected chi connectivity index (χ1v) is 10.2. The van der Waals surface area contributed by atoms with Gasteiger partial charge in [-0.1, -0.05) is 29.3 Å². The van der Waals surface area contributed by atoms with Crippen molar-refractivity contribution in [2.24, 2.45) is 0 Å². The molecule has 0 spiro atoms. The maximum Gasteiger partial charge on any atom is 0.352 e. The van der Waals surface area contributed by atoms with E-state index in [-0.39, 0.29) is 22.5 Å². The molecular formula is C25H19ClO6. The standard InChI is InChI=1S/C25H19ClO6/c1-15-3-7-19(8-4-15)31-23-14-29-22-13-20(11-12-21(22)24(23)27)32-25(28)16(2)30-18-9-5-17(26)6-10-18/h3-14,16H,1-2H3. The van der Waals surface area contributed by atoms with Gasteiger partial charge in [-0.15, -0.1) is 0 Å². The Bertz CT molecular complexity index is 1310. The Kier molecular flexibility index (Phi) is 6.14. The zero-order valence-corrected chi connectivity index (χ0v) is 18.1. The molecule has 4 rings (SSSR count). The molecule has 0 amide bonds. The number of aryl methyl sites for hydroxylation is 1. The fraction of sp³-hybridized carbons (Fsp3) is 0.120. The zero-order valence-electron chi connectivity index (χ0n) is 17.3. The number of benzene rings is 3. The molecule has 1 unspecified atom stereocenters. The molecule has 1 atom stereocenters. The second kappa shape index (κ2) is 9.16. The third-order valence-electron chi connectivity index (χ3n) is 4.64. The van der Waals surface area contributed by atoms with Crippen LogP contribution in [0.3, 0.4) is 0 Å². The van der Waals surface area contributed by atoms with Gasteiger partial charge in [0.2, 0.25) is 11.2 Å². The summed E-state index contributed by atoms with van der Waals surface area (Å²) in [6.45, 7) is 3.54. The Hall–Kier alpha value is -3.77. The third-order valence-corrected chi connectivity index (χ3v) is 4.89. The summed E-state index contributed by atoms with van der Waals surface area (Å²) < 4.78 is 22.1. The largest absolute Gasteiger partial charge is 0.479 e. The van der Waals surface area contributed by atoms with E-state index in [9.17, 15) is 9.59 Å². The van der Waals surface area contributed by atoms with E-state index in [0.717, 1.165) is 5.56 Å². The first-order valence-electron chi connectivity index (χ1n) is 9.83. The van der Waals surface area contributed by atoms with Crippen LogP contribution in [0.4, 0.5) is 0 Å². The van der Waals surface area contributed by atoms with Gasteiger partial charge >= 0.3 is 5.97 Å². The van der Waals surface area contributed by atoms with Crippen molar-refractivity contribution in [1.29, 1.82) is 0 Å². The Morgan fingerprint density at radius 3 is 2.31 bits per heavy atom. The maximum absolute atomic E-state index is 12.7. The van der Waals surface area contributed by atoms with Crippen molar-refractivity contribution in [2.45, 2.75) is 20.0 Å². The van der Waals surface area contributed by atoms with Crippen LogP contribution in [0.15, 0.2) is 82.2 Å². The van der Waals surface area contributed by atoms with Crippen LogP contribution < -0.4 is 19.6 Å². The normalized spacial score (nSPS) is 11.7. The zero-order chi connectivity index (χ0) is 22.7. The molecular weight excluding hydrogens is 432 g/mol. The minimum absolute atomic E-state index is 0.0658. The minimum Gasteiger partial charge on any atom is -0.479 e. The second-order valence-electron chi connectivity index (χ2n) is 7.14. The molecule has 0 aliphatic rings. The van der Waals surface area contributed by atoms with Crippen molar-refractivity contribution in [3.8, 4) is 23.0 Å². The molecule has 3 aromatic carbocycles. The number of fused-ring (bicyclic) bond motifs is 1. The Balaban J connectivity index is 1.48. The summed E-state index contributed by atoms with van der Waals surface area (Å²) in [5.41, 5.74) is 1.02. The summed E-state index contributed by atoms with van der Waals surface area (Å²) >= 11 is 5.85. The SMILES string of the molecule is Cc1ccc(Oc2coc3cc(OC(=O)C(C)Oc4ccc(Cl)cc4)ccc3c2=O)cc1. The number of rotatable bonds is 6. The molecule has 0 aliphatic heterocycles. The average molecular weight is 451 g/mol. The van der Waals surface area contributed by atoms with Crippen molar-refractivity contribution in [2.75, 3.05) is 0 Å². The third kappa shape index (κ3) is 4.92. The fourth-order valence-corrected chi connectivity index (χ4v) is 3.05. The van der Waals surface area contributed by atoms with Gasteiger partial charge in [0, 0.05) is 11.1 Å². The van der Waals surface area contributed by atoms with E-state index in [1.54, 1.807) is 43.3 Å². The first kappa shape index (κ1) is 21.5. The Labute approximate surface area is 188 Å². The predicted octanol–water partition coefficient (Wildman–Crippen LogP) is 5.92. The minimum atomic E-state index is -0.857. The molecule has 0 bridgehead atoms. The van der Waals surface area contributed by atoms with Crippen LogP contribution >= 0.6 is 11.6 Å². The Morgan fingerprint density at radius 1 is 0.938 bits per heavy atom. The Morgan fingerprint density at radius 2 is 1.59 bits per heavy atom. The lowest BCUT2D eigenvalue weighted by molar-refractivity contribution is -0.141. The molecule has 1 aromatic heterocycles. The first-order chi connectivity index (χ1) is 15.4. The van der Waals surface area contributed by atoms with E-state index in [1.165, 1.54) is 24.5 Å². The van der Waals surface area contributed by atoms with Gasteiger partial charge in [0.05, 0.1) is 5.39 Å². The maximum atomic E-state index is 12.7. The van der Waals surface area contributed by atoms with Gasteiger partial charge in [-0.05, 0) is 62.4 Å². The van der Waals surface area contributed by atoms with Crippen molar-refractivity contribution in [3.63, 3.8) is 0 Å². The molecule has 0 saturated carbocycles. The van der Waals surface area contributed by atoms with E-state index >= 15 is 0 Å². The van der Waals surface area contributed by atoms with Gasteiger partial charge in [-0.3, -0.25) is 4.79 Å². The molecule has 7 heteroatoms. The van der Waals surface area contributed by atoms with Crippen LogP contribution in [-0.2, 0) is 4.79 Å². The van der Waals surface area contributed by atoms with Crippen molar-refractivity contribution >= 4 is 28.5 Å². The lowest BCUT2D eigenvalue weighted by Crippen LogP contribution is -2.28. The van der Waals surface area contributed by atoms with Gasteiger partial charge in [0.15, 0.2) is 6.10 Å². The summed E-state index contributed by atoms with van der Waals surface area (Å²) in [5, 5.41) is 0.873. The van der Waals surface area contributed by atoms with Gasteiger partial charge in [0.1, 0.15) is 29.1 Å². The summed E-state index contributed by atoms with van der Waals surface area (Å²) in [4.78, 5) is 25.1. The number of hydrogen-bond donors (Lipinski definition) is 0. The molecule has 32 heavy (non-hydrogen) atoms. The summed E-state index contributed by atoms with van der Waals surface area (Å²) in [6.07, 6.45) is 0.381. The van der Waals surface area contributed by atoms with Gasteiger partial charge in [0.25, 0.3) is 0 Å². The van der Waals surface area contributed by atoms with Crippen LogP contribution in [0.2, 0.25) is 5.02 Å². The summed E-state index contributed by atoms with van der Waals surface area (Å²) in [7, 11) is 0. The number of esters is 1. The number of halogens is 1. The predicted molar refractivity (Wildman–Crippen MR) is 121 cm³/mol. The topological polar surface area (TPSA) is 75.0 Å². The highest BCUT2D eigenvalue weighted by molar-refractivity contribution is 6.30. The van der Waals surface area contributed by atoms with E-state index in [4.69, 9.17) is 30.2 Å². The molecule has 0 aliphatic carbocycles. The van der Waals surface area contributed by atoms with Crippen LogP contribution in [0, 0.1) is 6.92 Å². The molecule has 4 aromatic rings. The molecule has 0 saturated heterocycles. The van der Waals surface area contributed by atoms with Crippen molar-refractivity contribution < 1.29 is 23.4 Å². The highest BCUT2D eigenvalue weighted by Gasteiger charge is 2.18. The molecule has 0 radical (unpaired) electrons. The molecule has 162 valence electrons. The van der Waals surface area contributed by atoms with Gasteiger partial charge in [-0.2, -0.15) is 0 Å². The van der Waals surface area contributed by atoms with Gasteiger partial charge < -0.3 is 18.6 Å². The lowest BCUT2D eigenvalue weighted by Gasteiger charge is -2.14. The lowest BCUT2D eigenvalue weighted by atomic mass is 10.2. The van der Waals surface area contributed by atoms with E-state index in [1.807, 2.05) is 19.1 Å². The monoisotopic (exact) mass is 450 g/mol. The van der Waals surface area contributed by atoms with Crippen LogP contribution in [0.5, 0.6) is 23.0 Å². The number of hydrogen-bond acceptors (Lipinski definition) is 6. The number of carbonyl (C=O) groups excluding carboxylic acids is 1. The molecule has 6 nitrogen and oxygen atoms in total. The second-order valence-corrected chi connectivity index (χ2v) is 7.57. The quantitative estimate of drug-likeness (QED) is 0.268. The van der Waals surface area contributed by atoms with E-state index in [0.29, 0.717) is 21.9 Å². The van der Waals surface area contributed by atoms with Crippen LogP contribution in [-0.4, -0.2) is 12.1 Å². The number of ether oxygens (including phenoxy) is 3. The summed E-state index contributed by atoms with van der Waals surface area (Å²) in [6, 6.07) is 18.5. The molecule has 1 heterocycles. The average Bonchev–Trinajstić information content (AvgIpc) is 2.78. The van der Waals surface area contributed by atoms with Crippen LogP contribution in [0.25, 0.3) is 11.0 Å². The van der Waals surface area contributed by atoms with Crippen molar-refractivity contribution in [3.05, 3.63) is 93.8 Å². The summed E-state index contributed by atoms with van der Waals surface area (Å²) in [5.74, 6) is 0.716. The van der Waals surface area contributed by atoms with E-state index < -0.39 is 12.1 Å². The van der Waals surface area contributed by atoms with Crippen molar-refractivity contribution in [1.82, 2.24) is 0 Å². The highest BCUT2D eigenvalue weighted by atomic mass is 35.5.